The summed E-state index contributed by atoms with van der Waals surface area (Å²) >= 11 is 6.91. The number of aryl methyl sites for hydroxylation is 2. The Kier molecular flexibility index (Phi) is 3.90. The predicted molar refractivity (Wildman–Crippen MR) is 108 cm³/mol. The third-order valence-corrected chi connectivity index (χ3v) is 5.56. The molecule has 0 saturated carbocycles. The fourth-order valence-corrected chi connectivity index (χ4v) is 4.33. The molecule has 4 rings (SSSR count). The maximum atomic E-state index is 10.8. The molecule has 1 N–H and O–H groups in total. The first-order chi connectivity index (χ1) is 12.0. The molecule has 3 aromatic rings. The third kappa shape index (κ3) is 2.75. The van der Waals surface area contributed by atoms with Crippen LogP contribution in [0, 0.1) is 17.8 Å². The van der Waals surface area contributed by atoms with Crippen LogP contribution in [0.4, 0.5) is 5.69 Å². The molecule has 25 heavy (non-hydrogen) atoms. The van der Waals surface area contributed by atoms with Gasteiger partial charge in [0.1, 0.15) is 0 Å². The second kappa shape index (κ2) is 6.10. The van der Waals surface area contributed by atoms with Crippen molar-refractivity contribution in [1.29, 1.82) is 0 Å². The van der Waals surface area contributed by atoms with Gasteiger partial charge in [0.05, 0.1) is 16.3 Å². The second-order valence-electron chi connectivity index (χ2n) is 6.06. The highest BCUT2D eigenvalue weighted by atomic mass is 32.1. The molecule has 2 heterocycles. The molecule has 3 nitrogen and oxygen atoms in total. The molecule has 0 amide bonds. The molecule has 0 unspecified atom stereocenters. The lowest BCUT2D eigenvalue weighted by molar-refractivity contribution is 0.441. The van der Waals surface area contributed by atoms with Crippen molar-refractivity contribution in [3.8, 4) is 11.6 Å². The van der Waals surface area contributed by atoms with Crippen LogP contribution < -0.4 is 0 Å². The Labute approximate surface area is 155 Å². The van der Waals surface area contributed by atoms with Gasteiger partial charge in [-0.1, -0.05) is 35.9 Å². The molecule has 0 aliphatic carbocycles. The van der Waals surface area contributed by atoms with E-state index in [2.05, 4.69) is 18.0 Å². The molecule has 0 saturated heterocycles. The third-order valence-electron chi connectivity index (χ3n) is 4.25. The van der Waals surface area contributed by atoms with Gasteiger partial charge in [0, 0.05) is 17.4 Å². The lowest BCUT2D eigenvalue weighted by atomic mass is 10.1. The number of aliphatic imine (C=N–C) groups is 1. The van der Waals surface area contributed by atoms with Gasteiger partial charge in [0.15, 0.2) is 3.95 Å². The zero-order valence-corrected chi connectivity index (χ0v) is 15.5. The molecule has 0 fully saturated rings. The number of hydrogen-bond acceptors (Lipinski definition) is 4. The number of fused-ring (bicyclic) bond motifs is 1. The van der Waals surface area contributed by atoms with Crippen LogP contribution in [0.2, 0.25) is 0 Å². The van der Waals surface area contributed by atoms with Crippen LogP contribution in [0.3, 0.4) is 0 Å². The van der Waals surface area contributed by atoms with Crippen LogP contribution >= 0.6 is 23.6 Å². The molecule has 124 valence electrons. The highest BCUT2D eigenvalue weighted by Crippen LogP contribution is 2.37. The number of hydrogen-bond donors (Lipinski definition) is 1. The summed E-state index contributed by atoms with van der Waals surface area (Å²) in [6.07, 6.45) is 3.78. The van der Waals surface area contributed by atoms with E-state index in [9.17, 15) is 5.11 Å². The Hall–Kier alpha value is -2.50. The molecule has 1 aliphatic heterocycles. The summed E-state index contributed by atoms with van der Waals surface area (Å²) in [5.74, 6) is 0.173. The molecular formula is C20H16N2OS2. The predicted octanol–water partition coefficient (Wildman–Crippen LogP) is 5.85. The van der Waals surface area contributed by atoms with E-state index in [1.165, 1.54) is 16.9 Å². The van der Waals surface area contributed by atoms with Gasteiger partial charge < -0.3 is 5.11 Å². The van der Waals surface area contributed by atoms with Crippen molar-refractivity contribution in [1.82, 2.24) is 4.57 Å². The summed E-state index contributed by atoms with van der Waals surface area (Å²) in [6.45, 7) is 4.08. The maximum absolute atomic E-state index is 10.8. The minimum absolute atomic E-state index is 0.173. The van der Waals surface area contributed by atoms with Crippen LogP contribution in [0.25, 0.3) is 17.3 Å². The fraction of sp³-hybridized carbons (Fsp3) is 0.100. The van der Waals surface area contributed by atoms with Crippen LogP contribution in [-0.2, 0) is 0 Å². The molecule has 0 bridgehead atoms. The highest BCUT2D eigenvalue weighted by Gasteiger charge is 2.16. The number of aromatic nitrogens is 1. The Morgan fingerprint density at radius 3 is 2.76 bits per heavy atom. The van der Waals surface area contributed by atoms with Crippen molar-refractivity contribution in [3.05, 3.63) is 68.0 Å². The average molecular weight is 364 g/mol. The second-order valence-corrected chi connectivity index (χ2v) is 7.73. The van der Waals surface area contributed by atoms with E-state index in [1.807, 2.05) is 55.6 Å². The first-order valence-corrected chi connectivity index (χ1v) is 9.14. The summed E-state index contributed by atoms with van der Waals surface area (Å²) in [5.41, 5.74) is 6.18. The Balaban J connectivity index is 1.83. The Morgan fingerprint density at radius 2 is 1.96 bits per heavy atom. The van der Waals surface area contributed by atoms with Crippen LogP contribution in [-0.4, -0.2) is 15.9 Å². The fourth-order valence-electron chi connectivity index (χ4n) is 3.04. The van der Waals surface area contributed by atoms with Crippen LogP contribution in [0.1, 0.15) is 21.6 Å². The van der Waals surface area contributed by atoms with Crippen molar-refractivity contribution >= 4 is 47.1 Å². The quantitative estimate of drug-likeness (QED) is 0.579. The molecule has 0 spiro atoms. The van der Waals surface area contributed by atoms with Gasteiger partial charge in [-0.3, -0.25) is 9.56 Å². The first-order valence-electron chi connectivity index (χ1n) is 7.92. The standard InChI is InChI=1S/C20H16N2OS2/c1-12-7-8-17(13(2)9-12)22-19(23)18(25-20(22)24)10-14-11-21-16-6-4-3-5-15(14)16/h3-11,23H,1-2H3/b14-10-. The van der Waals surface area contributed by atoms with E-state index >= 15 is 0 Å². The zero-order valence-electron chi connectivity index (χ0n) is 13.9. The van der Waals surface area contributed by atoms with E-state index in [0.717, 1.165) is 33.0 Å². The van der Waals surface area contributed by atoms with Gasteiger partial charge in [-0.05, 0) is 49.8 Å². The van der Waals surface area contributed by atoms with Crippen molar-refractivity contribution in [2.75, 3.05) is 0 Å². The number of para-hydroxylation sites is 1. The van der Waals surface area contributed by atoms with Gasteiger partial charge in [-0.15, -0.1) is 11.3 Å². The van der Waals surface area contributed by atoms with Crippen molar-refractivity contribution in [3.63, 3.8) is 0 Å². The molecule has 0 atom stereocenters. The molecule has 0 radical (unpaired) electrons. The highest BCUT2D eigenvalue weighted by molar-refractivity contribution is 7.73. The smallest absolute Gasteiger partial charge is 0.215 e. The topological polar surface area (TPSA) is 37.5 Å². The summed E-state index contributed by atoms with van der Waals surface area (Å²) < 4.78 is 2.36. The summed E-state index contributed by atoms with van der Waals surface area (Å²) in [4.78, 5) is 5.15. The molecule has 5 heteroatoms. The largest absolute Gasteiger partial charge is 0.493 e. The van der Waals surface area contributed by atoms with Gasteiger partial charge in [-0.2, -0.15) is 0 Å². The summed E-state index contributed by atoms with van der Waals surface area (Å²) in [7, 11) is 0. The lowest BCUT2D eigenvalue weighted by Gasteiger charge is -2.09. The van der Waals surface area contributed by atoms with E-state index in [-0.39, 0.29) is 5.88 Å². The van der Waals surface area contributed by atoms with Crippen LogP contribution in [0.5, 0.6) is 5.88 Å². The van der Waals surface area contributed by atoms with E-state index in [4.69, 9.17) is 12.2 Å². The normalized spacial score (nSPS) is 14.2. The summed E-state index contributed by atoms with van der Waals surface area (Å²) in [6, 6.07) is 14.1. The minimum Gasteiger partial charge on any atom is -0.493 e. The Bertz CT molecular complexity index is 1100. The first kappa shape index (κ1) is 16.0. The van der Waals surface area contributed by atoms with E-state index in [0.29, 0.717) is 3.95 Å². The van der Waals surface area contributed by atoms with Crippen molar-refractivity contribution in [2.45, 2.75) is 13.8 Å². The average Bonchev–Trinajstić information content (AvgIpc) is 3.11. The Morgan fingerprint density at radius 1 is 1.16 bits per heavy atom. The number of thiazole rings is 1. The molecular weight excluding hydrogens is 348 g/mol. The lowest BCUT2D eigenvalue weighted by Crippen LogP contribution is -1.96. The monoisotopic (exact) mass is 364 g/mol. The molecule has 2 aromatic carbocycles. The van der Waals surface area contributed by atoms with Gasteiger partial charge in [0.2, 0.25) is 5.88 Å². The van der Waals surface area contributed by atoms with Crippen LogP contribution in [0.15, 0.2) is 47.5 Å². The minimum atomic E-state index is 0.173. The molecule has 1 aromatic heterocycles. The van der Waals surface area contributed by atoms with Crippen molar-refractivity contribution < 1.29 is 5.11 Å². The zero-order chi connectivity index (χ0) is 17.6. The maximum Gasteiger partial charge on any atom is 0.215 e. The number of allylic oxidation sites excluding steroid dienone is 1. The van der Waals surface area contributed by atoms with Gasteiger partial charge in [0.25, 0.3) is 0 Å². The van der Waals surface area contributed by atoms with E-state index < -0.39 is 0 Å². The SMILES string of the molecule is Cc1ccc(-n2c(O)c(/C=C3/C=Nc4ccccc43)sc2=S)c(C)c1. The van der Waals surface area contributed by atoms with Gasteiger partial charge in [-0.25, -0.2) is 0 Å². The van der Waals surface area contributed by atoms with E-state index in [1.54, 1.807) is 4.57 Å². The number of aromatic hydroxyl groups is 1. The summed E-state index contributed by atoms with van der Waals surface area (Å²) in [5, 5.41) is 10.8. The van der Waals surface area contributed by atoms with Crippen molar-refractivity contribution in [2.24, 2.45) is 4.99 Å². The number of rotatable bonds is 2. The molecule has 1 aliphatic rings. The number of benzene rings is 2. The number of nitrogens with zero attached hydrogens (tertiary/aromatic N) is 2. The van der Waals surface area contributed by atoms with Gasteiger partial charge >= 0.3 is 0 Å².